The minimum atomic E-state index is -0.498. The standard InChI is InChI=1S/C25H46O4/c1-4-5-6-7-8-9-10-11-12-13-14-15-16-17-18-21-28-24(26)19-20-25(27)29-22-23(2)3/h19-20,23H,4-18,21-22H2,1-3H3/b20-19+. The highest BCUT2D eigenvalue weighted by Gasteiger charge is 2.02. The summed E-state index contributed by atoms with van der Waals surface area (Å²) in [4.78, 5) is 22.9. The van der Waals surface area contributed by atoms with Gasteiger partial charge in [0, 0.05) is 12.2 Å². The molecule has 0 aromatic rings. The molecule has 0 rings (SSSR count). The summed E-state index contributed by atoms with van der Waals surface area (Å²) < 4.78 is 10.1. The molecule has 0 spiro atoms. The molecule has 0 unspecified atom stereocenters. The lowest BCUT2D eigenvalue weighted by atomic mass is 10.0. The van der Waals surface area contributed by atoms with Crippen LogP contribution in [0.1, 0.15) is 117 Å². The van der Waals surface area contributed by atoms with Crippen LogP contribution >= 0.6 is 0 Å². The summed E-state index contributed by atoms with van der Waals surface area (Å²) in [6, 6.07) is 0. The molecule has 0 saturated carbocycles. The lowest BCUT2D eigenvalue weighted by molar-refractivity contribution is -0.141. The summed E-state index contributed by atoms with van der Waals surface area (Å²) in [7, 11) is 0. The van der Waals surface area contributed by atoms with Gasteiger partial charge >= 0.3 is 11.9 Å². The third-order valence-electron chi connectivity index (χ3n) is 4.91. The molecule has 0 heterocycles. The lowest BCUT2D eigenvalue weighted by Crippen LogP contribution is -2.08. The number of rotatable bonds is 20. The average Bonchev–Trinajstić information content (AvgIpc) is 2.70. The highest BCUT2D eigenvalue weighted by molar-refractivity contribution is 5.91. The van der Waals surface area contributed by atoms with Crippen molar-refractivity contribution in [2.24, 2.45) is 5.92 Å². The largest absolute Gasteiger partial charge is 0.463 e. The van der Waals surface area contributed by atoms with Crippen LogP contribution in [0.4, 0.5) is 0 Å². The van der Waals surface area contributed by atoms with Crippen molar-refractivity contribution in [3.63, 3.8) is 0 Å². The Hall–Kier alpha value is -1.32. The Labute approximate surface area is 179 Å². The molecule has 4 heteroatoms. The van der Waals surface area contributed by atoms with Crippen LogP contribution in [0.2, 0.25) is 0 Å². The van der Waals surface area contributed by atoms with Crippen molar-refractivity contribution in [2.45, 2.75) is 117 Å². The maximum Gasteiger partial charge on any atom is 0.331 e. The first-order chi connectivity index (χ1) is 14.1. The van der Waals surface area contributed by atoms with Crippen LogP contribution in [0.15, 0.2) is 12.2 Å². The SMILES string of the molecule is CCCCCCCCCCCCCCCCCOC(=O)/C=C/C(=O)OCC(C)C. The Balaban J connectivity index is 3.30. The second-order valence-electron chi connectivity index (χ2n) is 8.47. The Morgan fingerprint density at radius 2 is 1.00 bits per heavy atom. The number of hydrogen-bond donors (Lipinski definition) is 0. The first-order valence-electron chi connectivity index (χ1n) is 12.1. The molecule has 0 aliphatic carbocycles. The van der Waals surface area contributed by atoms with Crippen molar-refractivity contribution in [2.75, 3.05) is 13.2 Å². The second-order valence-corrected chi connectivity index (χ2v) is 8.47. The molecule has 170 valence electrons. The maximum atomic E-state index is 11.5. The smallest absolute Gasteiger partial charge is 0.331 e. The summed E-state index contributed by atoms with van der Waals surface area (Å²) in [5, 5.41) is 0. The van der Waals surface area contributed by atoms with Gasteiger partial charge < -0.3 is 9.47 Å². The van der Waals surface area contributed by atoms with Crippen LogP contribution < -0.4 is 0 Å². The Bertz CT molecular complexity index is 415. The zero-order chi connectivity index (χ0) is 21.6. The molecule has 4 nitrogen and oxygen atoms in total. The van der Waals surface area contributed by atoms with Gasteiger partial charge in [0.05, 0.1) is 13.2 Å². The lowest BCUT2D eigenvalue weighted by Gasteiger charge is -2.04. The first-order valence-corrected chi connectivity index (χ1v) is 12.1. The van der Waals surface area contributed by atoms with E-state index in [4.69, 9.17) is 9.47 Å². The van der Waals surface area contributed by atoms with Crippen LogP contribution in [0.25, 0.3) is 0 Å². The topological polar surface area (TPSA) is 52.6 Å². The number of ether oxygens (including phenoxy) is 2. The molecule has 0 radical (unpaired) electrons. The number of carbonyl (C=O) groups excluding carboxylic acids is 2. The monoisotopic (exact) mass is 410 g/mol. The number of hydrogen-bond acceptors (Lipinski definition) is 4. The molecule has 0 aromatic heterocycles. The normalized spacial score (nSPS) is 11.3. The van der Waals surface area contributed by atoms with Gasteiger partial charge in [0.2, 0.25) is 0 Å². The predicted molar refractivity (Wildman–Crippen MR) is 121 cm³/mol. The van der Waals surface area contributed by atoms with Gasteiger partial charge in [-0.1, -0.05) is 111 Å². The highest BCUT2D eigenvalue weighted by Crippen LogP contribution is 2.13. The van der Waals surface area contributed by atoms with Gasteiger partial charge in [-0.2, -0.15) is 0 Å². The van der Waals surface area contributed by atoms with Gasteiger partial charge in [0.1, 0.15) is 0 Å². The molecule has 0 aliphatic heterocycles. The van der Waals surface area contributed by atoms with E-state index in [9.17, 15) is 9.59 Å². The Morgan fingerprint density at radius 3 is 1.41 bits per heavy atom. The van der Waals surface area contributed by atoms with E-state index in [1.54, 1.807) is 0 Å². The Morgan fingerprint density at radius 1 is 0.621 bits per heavy atom. The zero-order valence-corrected chi connectivity index (χ0v) is 19.4. The van der Waals surface area contributed by atoms with Crippen LogP contribution in [0.5, 0.6) is 0 Å². The summed E-state index contributed by atoms with van der Waals surface area (Å²) in [5.74, 6) is -0.691. The van der Waals surface area contributed by atoms with Gasteiger partial charge in [0.15, 0.2) is 0 Å². The molecule has 29 heavy (non-hydrogen) atoms. The molecule has 0 bridgehead atoms. The fourth-order valence-corrected chi connectivity index (χ4v) is 3.13. The van der Waals surface area contributed by atoms with E-state index in [0.717, 1.165) is 25.0 Å². The summed E-state index contributed by atoms with van der Waals surface area (Å²) >= 11 is 0. The molecule has 0 atom stereocenters. The fourth-order valence-electron chi connectivity index (χ4n) is 3.13. The van der Waals surface area contributed by atoms with Crippen molar-refractivity contribution in [3.8, 4) is 0 Å². The van der Waals surface area contributed by atoms with E-state index in [1.807, 2.05) is 13.8 Å². The van der Waals surface area contributed by atoms with Crippen molar-refractivity contribution >= 4 is 11.9 Å². The third-order valence-corrected chi connectivity index (χ3v) is 4.91. The van der Waals surface area contributed by atoms with E-state index in [2.05, 4.69) is 6.92 Å². The van der Waals surface area contributed by atoms with Crippen molar-refractivity contribution in [1.82, 2.24) is 0 Å². The van der Waals surface area contributed by atoms with Crippen molar-refractivity contribution < 1.29 is 19.1 Å². The molecular formula is C25H46O4. The second kappa shape index (κ2) is 21.4. The molecule has 0 N–H and O–H groups in total. The molecule has 0 fully saturated rings. The van der Waals surface area contributed by atoms with E-state index in [-0.39, 0.29) is 5.92 Å². The summed E-state index contributed by atoms with van der Waals surface area (Å²) in [6.45, 7) is 6.97. The predicted octanol–water partition coefficient (Wildman–Crippen LogP) is 7.16. The minimum Gasteiger partial charge on any atom is -0.463 e. The maximum absolute atomic E-state index is 11.5. The summed E-state index contributed by atoms with van der Waals surface area (Å²) in [6.07, 6.45) is 22.0. The number of unbranched alkanes of at least 4 members (excludes halogenated alkanes) is 14. The number of esters is 2. The fraction of sp³-hybridized carbons (Fsp3) is 0.840. The molecule has 0 amide bonds. The molecule has 0 aromatic carbocycles. The van der Waals surface area contributed by atoms with Crippen LogP contribution in [-0.4, -0.2) is 25.2 Å². The molecule has 0 aliphatic rings. The van der Waals surface area contributed by atoms with E-state index in [0.29, 0.717) is 13.2 Å². The quantitative estimate of drug-likeness (QED) is 0.121. The number of carbonyl (C=O) groups is 2. The van der Waals surface area contributed by atoms with Crippen LogP contribution in [0.3, 0.4) is 0 Å². The van der Waals surface area contributed by atoms with Crippen LogP contribution in [0, 0.1) is 5.92 Å². The highest BCUT2D eigenvalue weighted by atomic mass is 16.5. The van der Waals surface area contributed by atoms with Gasteiger partial charge in [-0.25, -0.2) is 9.59 Å². The van der Waals surface area contributed by atoms with Crippen LogP contribution in [-0.2, 0) is 19.1 Å². The van der Waals surface area contributed by atoms with E-state index in [1.165, 1.54) is 83.5 Å². The average molecular weight is 411 g/mol. The van der Waals surface area contributed by atoms with Gasteiger partial charge in [-0.05, 0) is 12.3 Å². The molecule has 0 saturated heterocycles. The minimum absolute atomic E-state index is 0.282. The molecular weight excluding hydrogens is 364 g/mol. The van der Waals surface area contributed by atoms with Crippen molar-refractivity contribution in [1.29, 1.82) is 0 Å². The van der Waals surface area contributed by atoms with Gasteiger partial charge in [0.25, 0.3) is 0 Å². The van der Waals surface area contributed by atoms with E-state index < -0.39 is 11.9 Å². The summed E-state index contributed by atoms with van der Waals surface area (Å²) in [5.41, 5.74) is 0. The van der Waals surface area contributed by atoms with E-state index >= 15 is 0 Å². The van der Waals surface area contributed by atoms with Crippen molar-refractivity contribution in [3.05, 3.63) is 12.2 Å². The first kappa shape index (κ1) is 27.7. The van der Waals surface area contributed by atoms with Gasteiger partial charge in [-0.3, -0.25) is 0 Å². The van der Waals surface area contributed by atoms with Gasteiger partial charge in [-0.15, -0.1) is 0 Å². The third kappa shape index (κ3) is 22.8. The Kier molecular flexibility index (Phi) is 20.4. The zero-order valence-electron chi connectivity index (χ0n) is 19.4.